The Labute approximate surface area is 152 Å². The molecule has 0 amide bonds. The maximum absolute atomic E-state index is 12.7. The SMILES string of the molecule is Cc1cc2c(cc1Cl)C(OS(=O)(=O)C(F)(F)F)=CC(c1ccccc1)O2. The molecule has 1 unspecified atom stereocenters. The number of fused-ring (bicyclic) bond motifs is 1. The first kappa shape index (κ1) is 18.6. The molecular weight excluding hydrogens is 393 g/mol. The molecule has 2 aromatic carbocycles. The molecule has 26 heavy (non-hydrogen) atoms. The number of ether oxygens (including phenoxy) is 1. The number of aryl methyl sites for hydroxylation is 1. The third kappa shape index (κ3) is 3.52. The van der Waals surface area contributed by atoms with Gasteiger partial charge in [0.2, 0.25) is 0 Å². The van der Waals surface area contributed by atoms with Gasteiger partial charge in [-0.05, 0) is 30.2 Å². The second kappa shape index (κ2) is 6.51. The monoisotopic (exact) mass is 404 g/mol. The van der Waals surface area contributed by atoms with Crippen LogP contribution in [0.15, 0.2) is 48.5 Å². The standard InChI is InChI=1S/C17H12ClF3O4S/c1-10-7-15-12(8-13(10)18)16(25-26(22,23)17(19,20)21)9-14(24-15)11-5-3-2-4-6-11/h2-9,14H,1H3. The lowest BCUT2D eigenvalue weighted by Gasteiger charge is -2.26. The van der Waals surface area contributed by atoms with E-state index in [0.29, 0.717) is 11.1 Å². The van der Waals surface area contributed by atoms with Crippen molar-refractivity contribution in [2.45, 2.75) is 18.5 Å². The molecule has 1 aliphatic heterocycles. The Hall–Kier alpha value is -2.19. The average Bonchev–Trinajstić information content (AvgIpc) is 2.56. The van der Waals surface area contributed by atoms with Gasteiger partial charge in [0.15, 0.2) is 5.76 Å². The Morgan fingerprint density at radius 3 is 2.42 bits per heavy atom. The molecule has 2 aromatic rings. The maximum Gasteiger partial charge on any atom is 0.534 e. The van der Waals surface area contributed by atoms with Crippen LogP contribution < -0.4 is 4.74 Å². The molecule has 0 bridgehead atoms. The molecule has 0 N–H and O–H groups in total. The molecule has 0 saturated carbocycles. The lowest BCUT2D eigenvalue weighted by molar-refractivity contribution is -0.0510. The lowest BCUT2D eigenvalue weighted by Crippen LogP contribution is -2.26. The van der Waals surface area contributed by atoms with Gasteiger partial charge in [-0.3, -0.25) is 0 Å². The van der Waals surface area contributed by atoms with Gasteiger partial charge in [-0.2, -0.15) is 21.6 Å². The molecule has 9 heteroatoms. The molecule has 1 aliphatic rings. The number of benzene rings is 2. The van der Waals surface area contributed by atoms with Gasteiger partial charge in [-0.25, -0.2) is 0 Å². The molecule has 1 heterocycles. The van der Waals surface area contributed by atoms with Gasteiger partial charge in [0.1, 0.15) is 11.9 Å². The zero-order valence-electron chi connectivity index (χ0n) is 13.2. The summed E-state index contributed by atoms with van der Waals surface area (Å²) in [5, 5.41) is 0.240. The number of rotatable bonds is 3. The van der Waals surface area contributed by atoms with Crippen molar-refractivity contribution in [1.82, 2.24) is 0 Å². The molecule has 1 atom stereocenters. The van der Waals surface area contributed by atoms with Gasteiger partial charge < -0.3 is 8.92 Å². The summed E-state index contributed by atoms with van der Waals surface area (Å²) in [5.74, 6) is -0.310. The van der Waals surface area contributed by atoms with Crippen LogP contribution in [0.2, 0.25) is 5.02 Å². The van der Waals surface area contributed by atoms with Gasteiger partial charge in [-0.15, -0.1) is 0 Å². The maximum atomic E-state index is 12.7. The first-order chi connectivity index (χ1) is 12.1. The fourth-order valence-corrected chi connectivity index (χ4v) is 3.03. The minimum Gasteiger partial charge on any atom is -0.481 e. The largest absolute Gasteiger partial charge is 0.534 e. The summed E-state index contributed by atoms with van der Waals surface area (Å²) in [5.41, 5.74) is -4.28. The Morgan fingerprint density at radius 2 is 1.81 bits per heavy atom. The highest BCUT2D eigenvalue weighted by molar-refractivity contribution is 7.87. The fourth-order valence-electron chi connectivity index (χ4n) is 2.39. The zero-order valence-corrected chi connectivity index (χ0v) is 14.8. The Bertz CT molecular complexity index is 969. The van der Waals surface area contributed by atoms with Gasteiger partial charge in [-0.1, -0.05) is 41.9 Å². The summed E-state index contributed by atoms with van der Waals surface area (Å²) >= 11 is 6.02. The third-order valence-corrected chi connectivity index (χ3v) is 5.07. The lowest BCUT2D eigenvalue weighted by atomic mass is 10.0. The Balaban J connectivity index is 2.11. The molecular formula is C17H12ClF3O4S. The van der Waals surface area contributed by atoms with Crippen LogP contribution in [-0.2, 0) is 14.3 Å². The van der Waals surface area contributed by atoms with E-state index in [2.05, 4.69) is 4.18 Å². The highest BCUT2D eigenvalue weighted by Crippen LogP contribution is 2.42. The summed E-state index contributed by atoms with van der Waals surface area (Å²) in [6, 6.07) is 11.4. The molecule has 4 nitrogen and oxygen atoms in total. The first-order valence-electron chi connectivity index (χ1n) is 7.33. The van der Waals surface area contributed by atoms with Crippen molar-refractivity contribution in [3.63, 3.8) is 0 Å². The van der Waals surface area contributed by atoms with E-state index >= 15 is 0 Å². The van der Waals surface area contributed by atoms with E-state index < -0.39 is 27.5 Å². The van der Waals surface area contributed by atoms with Crippen molar-refractivity contribution in [3.8, 4) is 5.75 Å². The van der Waals surface area contributed by atoms with Crippen LogP contribution >= 0.6 is 11.6 Å². The second-order valence-electron chi connectivity index (χ2n) is 5.56. The predicted octanol–water partition coefficient (Wildman–Crippen LogP) is 4.99. The fraction of sp³-hybridized carbons (Fsp3) is 0.176. The van der Waals surface area contributed by atoms with Crippen molar-refractivity contribution in [1.29, 1.82) is 0 Å². The number of hydrogen-bond donors (Lipinski definition) is 0. The zero-order chi connectivity index (χ0) is 19.1. The summed E-state index contributed by atoms with van der Waals surface area (Å²) < 4.78 is 71.3. The number of hydrogen-bond acceptors (Lipinski definition) is 4. The summed E-state index contributed by atoms with van der Waals surface area (Å²) in [7, 11) is -5.84. The van der Waals surface area contributed by atoms with Crippen LogP contribution in [0.25, 0.3) is 5.76 Å². The quantitative estimate of drug-likeness (QED) is 0.534. The van der Waals surface area contributed by atoms with Crippen molar-refractivity contribution in [2.24, 2.45) is 0 Å². The van der Waals surface area contributed by atoms with Crippen LogP contribution in [0.4, 0.5) is 13.2 Å². The van der Waals surface area contributed by atoms with Gasteiger partial charge >= 0.3 is 15.6 Å². The summed E-state index contributed by atoms with van der Waals surface area (Å²) in [6.07, 6.45) is 0.356. The normalized spacial score (nSPS) is 17.1. The molecule has 0 fully saturated rings. The van der Waals surface area contributed by atoms with E-state index in [0.717, 1.165) is 0 Å². The van der Waals surface area contributed by atoms with Crippen LogP contribution in [0.3, 0.4) is 0 Å². The van der Waals surface area contributed by atoms with Crippen LogP contribution in [-0.4, -0.2) is 13.9 Å². The van der Waals surface area contributed by atoms with Crippen LogP contribution in [0.5, 0.6) is 5.75 Å². The number of halogens is 4. The van der Waals surface area contributed by atoms with Crippen LogP contribution in [0, 0.1) is 6.92 Å². The molecule has 3 rings (SSSR count). The minimum atomic E-state index is -5.84. The van der Waals surface area contributed by atoms with Gasteiger partial charge in [0, 0.05) is 11.1 Å². The highest BCUT2D eigenvalue weighted by atomic mass is 35.5. The summed E-state index contributed by atoms with van der Waals surface area (Å²) in [4.78, 5) is 0. The minimum absolute atomic E-state index is 0.0283. The van der Waals surface area contributed by atoms with E-state index in [1.807, 2.05) is 0 Å². The van der Waals surface area contributed by atoms with E-state index in [9.17, 15) is 21.6 Å². The third-order valence-electron chi connectivity index (χ3n) is 3.69. The van der Waals surface area contributed by atoms with Gasteiger partial charge in [0.25, 0.3) is 0 Å². The number of alkyl halides is 3. The molecule has 0 radical (unpaired) electrons. The Morgan fingerprint density at radius 1 is 1.15 bits per heavy atom. The van der Waals surface area contributed by atoms with Crippen molar-refractivity contribution in [2.75, 3.05) is 0 Å². The van der Waals surface area contributed by atoms with E-state index in [4.69, 9.17) is 16.3 Å². The van der Waals surface area contributed by atoms with E-state index in [1.165, 1.54) is 18.2 Å². The molecule has 0 spiro atoms. The summed E-state index contributed by atoms with van der Waals surface area (Å²) in [6.45, 7) is 1.69. The van der Waals surface area contributed by atoms with Gasteiger partial charge in [0.05, 0.1) is 5.56 Å². The van der Waals surface area contributed by atoms with Crippen LogP contribution in [0.1, 0.15) is 22.8 Å². The second-order valence-corrected chi connectivity index (χ2v) is 7.51. The predicted molar refractivity (Wildman–Crippen MR) is 90.0 cm³/mol. The molecule has 0 saturated heterocycles. The molecule has 138 valence electrons. The van der Waals surface area contributed by atoms with Crippen molar-refractivity contribution < 1.29 is 30.5 Å². The average molecular weight is 405 g/mol. The first-order valence-corrected chi connectivity index (χ1v) is 9.12. The van der Waals surface area contributed by atoms with E-state index in [1.54, 1.807) is 37.3 Å². The van der Waals surface area contributed by atoms with Crippen molar-refractivity contribution >= 4 is 27.5 Å². The smallest absolute Gasteiger partial charge is 0.481 e. The Kier molecular flexibility index (Phi) is 4.66. The highest BCUT2D eigenvalue weighted by Gasteiger charge is 2.49. The van der Waals surface area contributed by atoms with Crippen molar-refractivity contribution in [3.05, 3.63) is 70.3 Å². The molecule has 0 aromatic heterocycles. The molecule has 0 aliphatic carbocycles. The van der Waals surface area contributed by atoms with E-state index in [-0.39, 0.29) is 16.3 Å². The topological polar surface area (TPSA) is 52.6 Å².